The lowest BCUT2D eigenvalue weighted by Gasteiger charge is -2.15. The summed E-state index contributed by atoms with van der Waals surface area (Å²) >= 11 is 0. The molecule has 0 bridgehead atoms. The Morgan fingerprint density at radius 3 is 0.632 bits per heavy atom. The van der Waals surface area contributed by atoms with Crippen molar-refractivity contribution in [2.45, 2.75) is 233 Å². The van der Waals surface area contributed by atoms with Gasteiger partial charge in [0.15, 0.2) is 0 Å². The lowest BCUT2D eigenvalue weighted by molar-refractivity contribution is 0.376. The molecular formula is C38H78. The van der Waals surface area contributed by atoms with Crippen LogP contribution >= 0.6 is 0 Å². The van der Waals surface area contributed by atoms with Gasteiger partial charge in [-0.25, -0.2) is 0 Å². The Morgan fingerprint density at radius 2 is 0.421 bits per heavy atom. The zero-order valence-electron chi connectivity index (χ0n) is 27.8. The van der Waals surface area contributed by atoms with Crippen LogP contribution in [0, 0.1) is 11.8 Å². The smallest absolute Gasteiger partial charge is 0.0443 e. The Kier molecular flexibility index (Phi) is 33.2. The first-order chi connectivity index (χ1) is 18.7. The predicted octanol–water partition coefficient (Wildman–Crippen LogP) is 14.8. The van der Waals surface area contributed by atoms with E-state index < -0.39 is 0 Å². The summed E-state index contributed by atoms with van der Waals surface area (Å²) in [7, 11) is 0. The third-order valence-electron chi connectivity index (χ3n) is 9.25. The minimum absolute atomic E-state index is 0.950. The predicted molar refractivity (Wildman–Crippen MR) is 177 cm³/mol. The Balaban J connectivity index is 3.26. The quantitative estimate of drug-likeness (QED) is 0.0734. The van der Waals surface area contributed by atoms with Gasteiger partial charge in [0.05, 0.1) is 0 Å². The minimum atomic E-state index is 0.950. The lowest BCUT2D eigenvalue weighted by Crippen LogP contribution is -2.01. The van der Waals surface area contributed by atoms with Crippen molar-refractivity contribution in [2.24, 2.45) is 11.8 Å². The highest BCUT2D eigenvalue weighted by Gasteiger charge is 2.07. The molecule has 0 aromatic carbocycles. The molecule has 0 aromatic rings. The molecule has 0 nitrogen and oxygen atoms in total. The second-order valence-electron chi connectivity index (χ2n) is 13.6. The van der Waals surface area contributed by atoms with E-state index in [1.807, 2.05) is 0 Å². The summed E-state index contributed by atoms with van der Waals surface area (Å²) in [6.07, 6.45) is 47.1. The topological polar surface area (TPSA) is 0 Å². The summed E-state index contributed by atoms with van der Waals surface area (Å²) in [6, 6.07) is 0. The van der Waals surface area contributed by atoms with Crippen LogP contribution in [0.2, 0.25) is 0 Å². The molecule has 0 saturated carbocycles. The van der Waals surface area contributed by atoms with E-state index in [0.717, 1.165) is 11.8 Å². The highest BCUT2D eigenvalue weighted by atomic mass is 14.1. The highest BCUT2D eigenvalue weighted by Crippen LogP contribution is 2.22. The van der Waals surface area contributed by atoms with Gasteiger partial charge in [-0.05, 0) is 11.8 Å². The molecule has 0 aromatic heterocycles. The molecule has 38 heavy (non-hydrogen) atoms. The summed E-state index contributed by atoms with van der Waals surface area (Å²) in [5.41, 5.74) is 0. The molecule has 2 atom stereocenters. The van der Waals surface area contributed by atoms with Gasteiger partial charge in [0.25, 0.3) is 0 Å². The molecule has 0 fully saturated rings. The molecule has 0 heterocycles. The van der Waals surface area contributed by atoms with Crippen molar-refractivity contribution in [3.8, 4) is 0 Å². The van der Waals surface area contributed by atoms with Gasteiger partial charge >= 0.3 is 0 Å². The van der Waals surface area contributed by atoms with E-state index in [0.29, 0.717) is 0 Å². The Morgan fingerprint density at radius 1 is 0.237 bits per heavy atom. The third kappa shape index (κ3) is 32.2. The van der Waals surface area contributed by atoms with Crippen LogP contribution in [-0.4, -0.2) is 0 Å². The largest absolute Gasteiger partial charge is 0.0654 e. The molecule has 230 valence electrons. The van der Waals surface area contributed by atoms with Crippen LogP contribution in [0.3, 0.4) is 0 Å². The summed E-state index contributed by atoms with van der Waals surface area (Å²) in [6.45, 7) is 9.65. The number of rotatable bonds is 33. The van der Waals surface area contributed by atoms with Crippen LogP contribution in [-0.2, 0) is 0 Å². The Labute approximate surface area is 244 Å². The van der Waals surface area contributed by atoms with Gasteiger partial charge in [0, 0.05) is 0 Å². The molecule has 0 radical (unpaired) electrons. The van der Waals surface area contributed by atoms with Gasteiger partial charge in [-0.2, -0.15) is 0 Å². The van der Waals surface area contributed by atoms with E-state index in [9.17, 15) is 0 Å². The normalized spacial score (nSPS) is 13.3. The maximum atomic E-state index is 2.52. The van der Waals surface area contributed by atoms with Crippen LogP contribution in [0.4, 0.5) is 0 Å². The van der Waals surface area contributed by atoms with Crippen molar-refractivity contribution >= 4 is 0 Å². The Bertz CT molecular complexity index is 361. The lowest BCUT2D eigenvalue weighted by atomic mass is 9.91. The van der Waals surface area contributed by atoms with Gasteiger partial charge in [0.2, 0.25) is 0 Å². The maximum absolute atomic E-state index is 2.52. The van der Waals surface area contributed by atoms with Gasteiger partial charge in [-0.15, -0.1) is 0 Å². The summed E-state index contributed by atoms with van der Waals surface area (Å²) in [5.74, 6) is 1.90. The molecule has 0 aliphatic heterocycles. The fourth-order valence-electron chi connectivity index (χ4n) is 6.23. The van der Waals surface area contributed by atoms with E-state index in [2.05, 4.69) is 27.7 Å². The molecular weight excluding hydrogens is 456 g/mol. The van der Waals surface area contributed by atoms with Crippen molar-refractivity contribution in [3.63, 3.8) is 0 Å². The summed E-state index contributed by atoms with van der Waals surface area (Å²) in [5, 5.41) is 0. The van der Waals surface area contributed by atoms with Gasteiger partial charge < -0.3 is 0 Å². The fourth-order valence-corrected chi connectivity index (χ4v) is 6.23. The molecule has 0 heteroatoms. The summed E-state index contributed by atoms with van der Waals surface area (Å²) in [4.78, 5) is 0. The molecule has 0 rings (SSSR count). The van der Waals surface area contributed by atoms with Crippen LogP contribution in [0.25, 0.3) is 0 Å². The second-order valence-corrected chi connectivity index (χ2v) is 13.6. The molecule has 0 amide bonds. The third-order valence-corrected chi connectivity index (χ3v) is 9.25. The molecule has 0 spiro atoms. The van der Waals surface area contributed by atoms with E-state index in [4.69, 9.17) is 0 Å². The van der Waals surface area contributed by atoms with Gasteiger partial charge in [-0.1, -0.05) is 233 Å². The fraction of sp³-hybridized carbons (Fsp3) is 1.00. The number of hydrogen-bond donors (Lipinski definition) is 0. The van der Waals surface area contributed by atoms with Crippen LogP contribution < -0.4 is 0 Å². The first-order valence-corrected chi connectivity index (χ1v) is 18.7. The molecule has 0 aliphatic rings. The average Bonchev–Trinajstić information content (AvgIpc) is 2.92. The van der Waals surface area contributed by atoms with Crippen LogP contribution in [0.5, 0.6) is 0 Å². The molecule has 0 N–H and O–H groups in total. The van der Waals surface area contributed by atoms with E-state index in [1.165, 1.54) is 205 Å². The summed E-state index contributed by atoms with van der Waals surface area (Å²) < 4.78 is 0. The highest BCUT2D eigenvalue weighted by molar-refractivity contribution is 4.60. The molecule has 0 aliphatic carbocycles. The minimum Gasteiger partial charge on any atom is -0.0654 e. The van der Waals surface area contributed by atoms with Gasteiger partial charge in [0.1, 0.15) is 0 Å². The molecule has 2 unspecified atom stereocenters. The molecule has 0 saturated heterocycles. The average molecular weight is 535 g/mol. The van der Waals surface area contributed by atoms with E-state index >= 15 is 0 Å². The Hall–Kier alpha value is 0. The second kappa shape index (κ2) is 33.2. The van der Waals surface area contributed by atoms with Crippen molar-refractivity contribution in [2.75, 3.05) is 0 Å². The van der Waals surface area contributed by atoms with Crippen molar-refractivity contribution in [1.82, 2.24) is 0 Å². The van der Waals surface area contributed by atoms with Crippen LogP contribution in [0.1, 0.15) is 233 Å². The SMILES string of the molecule is CCCCCCCCCCCCCCCCC(C)CCC(C)CCCCCCCCCCCCCCCC. The van der Waals surface area contributed by atoms with E-state index in [-0.39, 0.29) is 0 Å². The number of hydrogen-bond acceptors (Lipinski definition) is 0. The van der Waals surface area contributed by atoms with Crippen molar-refractivity contribution in [1.29, 1.82) is 0 Å². The van der Waals surface area contributed by atoms with Crippen LogP contribution in [0.15, 0.2) is 0 Å². The zero-order chi connectivity index (χ0) is 27.8. The first-order valence-electron chi connectivity index (χ1n) is 18.7. The zero-order valence-corrected chi connectivity index (χ0v) is 27.8. The standard InChI is InChI=1S/C38H78/c1-5-7-9-11-13-15-17-19-21-23-25-27-29-31-33-37(3)35-36-38(4)34-32-30-28-26-24-22-20-18-16-14-12-10-8-6-2/h37-38H,5-36H2,1-4H3. The van der Waals surface area contributed by atoms with Crippen molar-refractivity contribution < 1.29 is 0 Å². The van der Waals surface area contributed by atoms with Gasteiger partial charge in [-0.3, -0.25) is 0 Å². The first kappa shape index (κ1) is 38.0. The van der Waals surface area contributed by atoms with Crippen molar-refractivity contribution in [3.05, 3.63) is 0 Å². The monoisotopic (exact) mass is 535 g/mol. The van der Waals surface area contributed by atoms with E-state index in [1.54, 1.807) is 0 Å². The number of unbranched alkanes of at least 4 members (excludes halogenated alkanes) is 26. The maximum Gasteiger partial charge on any atom is -0.0443 e.